The summed E-state index contributed by atoms with van der Waals surface area (Å²) in [6.07, 6.45) is 6.98. The molecule has 0 atom stereocenters. The number of amides is 1. The van der Waals surface area contributed by atoms with Crippen LogP contribution in [0.4, 0.5) is 0 Å². The molecule has 0 radical (unpaired) electrons. The van der Waals surface area contributed by atoms with E-state index in [1.807, 2.05) is 12.3 Å². The lowest BCUT2D eigenvalue weighted by molar-refractivity contribution is -0.127. The Morgan fingerprint density at radius 1 is 1.07 bits per heavy atom. The van der Waals surface area contributed by atoms with Crippen LogP contribution < -0.4 is 0 Å². The standard InChI is InChI=1S/C24H31N3O/c1-20-7-5-13-25-22(20)18-26-15-11-24(12-16-26)17-23(28)27(19-24)14-6-10-21-8-3-2-4-9-21/h2-5,7-9,13H,6,10-12,14-19H2,1H3. The molecule has 2 aliphatic rings. The van der Waals surface area contributed by atoms with Crippen LogP contribution >= 0.6 is 0 Å². The first-order valence-corrected chi connectivity index (χ1v) is 10.6. The number of piperidine rings is 1. The van der Waals surface area contributed by atoms with E-state index in [0.717, 1.165) is 64.8 Å². The number of pyridine rings is 1. The van der Waals surface area contributed by atoms with E-state index < -0.39 is 0 Å². The Kier molecular flexibility index (Phi) is 5.77. The Labute approximate surface area is 168 Å². The third-order valence-electron chi connectivity index (χ3n) is 6.55. The van der Waals surface area contributed by atoms with Crippen LogP contribution in [0.3, 0.4) is 0 Å². The van der Waals surface area contributed by atoms with Gasteiger partial charge in [0, 0.05) is 32.3 Å². The highest BCUT2D eigenvalue weighted by Gasteiger charge is 2.44. The predicted molar refractivity (Wildman–Crippen MR) is 112 cm³/mol. The number of likely N-dealkylation sites (tertiary alicyclic amines) is 2. The minimum Gasteiger partial charge on any atom is -0.342 e. The molecule has 148 valence electrons. The molecule has 4 heteroatoms. The summed E-state index contributed by atoms with van der Waals surface area (Å²) in [5.41, 5.74) is 4.02. The molecule has 2 aromatic rings. The predicted octanol–water partition coefficient (Wildman–Crippen LogP) is 3.84. The fourth-order valence-corrected chi connectivity index (χ4v) is 4.72. The number of carbonyl (C=O) groups is 1. The van der Waals surface area contributed by atoms with Gasteiger partial charge in [-0.05, 0) is 68.3 Å². The minimum atomic E-state index is 0.208. The number of hydrogen-bond donors (Lipinski definition) is 0. The number of rotatable bonds is 6. The van der Waals surface area contributed by atoms with Crippen molar-refractivity contribution in [3.05, 3.63) is 65.5 Å². The molecule has 4 nitrogen and oxygen atoms in total. The van der Waals surface area contributed by atoms with Crippen molar-refractivity contribution < 1.29 is 4.79 Å². The van der Waals surface area contributed by atoms with Gasteiger partial charge in [-0.25, -0.2) is 0 Å². The van der Waals surface area contributed by atoms with Crippen molar-refractivity contribution in [2.75, 3.05) is 26.2 Å². The number of hydrogen-bond acceptors (Lipinski definition) is 3. The average molecular weight is 378 g/mol. The van der Waals surface area contributed by atoms with Crippen LogP contribution in [-0.4, -0.2) is 46.9 Å². The first kappa shape index (κ1) is 19.1. The van der Waals surface area contributed by atoms with Crippen molar-refractivity contribution in [3.63, 3.8) is 0 Å². The van der Waals surface area contributed by atoms with Crippen LogP contribution in [0.2, 0.25) is 0 Å². The second kappa shape index (κ2) is 8.44. The molecule has 1 aromatic carbocycles. The third kappa shape index (κ3) is 4.44. The Morgan fingerprint density at radius 3 is 2.61 bits per heavy atom. The second-order valence-electron chi connectivity index (χ2n) is 8.62. The zero-order chi connectivity index (χ0) is 19.4. The smallest absolute Gasteiger partial charge is 0.223 e. The maximum Gasteiger partial charge on any atom is 0.223 e. The lowest BCUT2D eigenvalue weighted by Crippen LogP contribution is -2.41. The summed E-state index contributed by atoms with van der Waals surface area (Å²) in [4.78, 5) is 21.8. The van der Waals surface area contributed by atoms with Crippen molar-refractivity contribution >= 4 is 5.91 Å². The Bertz CT molecular complexity index is 797. The van der Waals surface area contributed by atoms with Gasteiger partial charge < -0.3 is 4.90 Å². The zero-order valence-electron chi connectivity index (χ0n) is 16.9. The number of benzene rings is 1. The molecular weight excluding hydrogens is 346 g/mol. The molecule has 2 saturated heterocycles. The van der Waals surface area contributed by atoms with Crippen molar-refractivity contribution in [2.24, 2.45) is 5.41 Å². The minimum absolute atomic E-state index is 0.208. The summed E-state index contributed by atoms with van der Waals surface area (Å²) >= 11 is 0. The number of nitrogens with zero attached hydrogens (tertiary/aromatic N) is 3. The number of aromatic nitrogens is 1. The van der Waals surface area contributed by atoms with Crippen LogP contribution in [-0.2, 0) is 17.8 Å². The monoisotopic (exact) mass is 377 g/mol. The largest absolute Gasteiger partial charge is 0.342 e. The Balaban J connectivity index is 1.26. The fourth-order valence-electron chi connectivity index (χ4n) is 4.72. The molecular formula is C24H31N3O. The Hall–Kier alpha value is -2.20. The van der Waals surface area contributed by atoms with E-state index in [9.17, 15) is 4.79 Å². The molecule has 4 rings (SSSR count). The first-order valence-electron chi connectivity index (χ1n) is 10.6. The van der Waals surface area contributed by atoms with E-state index >= 15 is 0 Å². The van der Waals surface area contributed by atoms with E-state index in [-0.39, 0.29) is 5.41 Å². The first-order chi connectivity index (χ1) is 13.6. The summed E-state index contributed by atoms with van der Waals surface area (Å²) < 4.78 is 0. The van der Waals surface area contributed by atoms with Gasteiger partial charge in [0.25, 0.3) is 0 Å². The molecule has 1 amide bonds. The zero-order valence-corrected chi connectivity index (χ0v) is 16.9. The van der Waals surface area contributed by atoms with Crippen LogP contribution in [0, 0.1) is 12.3 Å². The van der Waals surface area contributed by atoms with Crippen molar-refractivity contribution in [1.82, 2.24) is 14.8 Å². The van der Waals surface area contributed by atoms with Crippen LogP contribution in [0.5, 0.6) is 0 Å². The molecule has 0 bridgehead atoms. The van der Waals surface area contributed by atoms with Crippen molar-refractivity contribution in [2.45, 2.75) is 45.6 Å². The van der Waals surface area contributed by atoms with Gasteiger partial charge in [-0.1, -0.05) is 36.4 Å². The van der Waals surface area contributed by atoms with Gasteiger partial charge in [-0.15, -0.1) is 0 Å². The third-order valence-corrected chi connectivity index (χ3v) is 6.55. The average Bonchev–Trinajstić information content (AvgIpc) is 3.01. The quantitative estimate of drug-likeness (QED) is 0.767. The van der Waals surface area contributed by atoms with Crippen LogP contribution in [0.15, 0.2) is 48.7 Å². The van der Waals surface area contributed by atoms with Gasteiger partial charge >= 0.3 is 0 Å². The summed E-state index contributed by atoms with van der Waals surface area (Å²) in [6, 6.07) is 14.7. The van der Waals surface area contributed by atoms with E-state index in [4.69, 9.17) is 0 Å². The van der Waals surface area contributed by atoms with Crippen LogP contribution in [0.1, 0.15) is 42.5 Å². The highest BCUT2D eigenvalue weighted by Crippen LogP contribution is 2.41. The molecule has 0 saturated carbocycles. The molecule has 2 aliphatic heterocycles. The maximum absolute atomic E-state index is 12.6. The van der Waals surface area contributed by atoms with Gasteiger partial charge in [-0.2, -0.15) is 0 Å². The Morgan fingerprint density at radius 2 is 1.86 bits per heavy atom. The molecule has 28 heavy (non-hydrogen) atoms. The SMILES string of the molecule is Cc1cccnc1CN1CCC2(CC1)CC(=O)N(CCCc1ccccc1)C2. The second-order valence-corrected chi connectivity index (χ2v) is 8.62. The summed E-state index contributed by atoms with van der Waals surface area (Å²) in [5.74, 6) is 0.363. The van der Waals surface area contributed by atoms with E-state index in [2.05, 4.69) is 58.1 Å². The van der Waals surface area contributed by atoms with Gasteiger partial charge in [0.1, 0.15) is 0 Å². The maximum atomic E-state index is 12.6. The molecule has 1 aromatic heterocycles. The number of aryl methyl sites for hydroxylation is 2. The molecule has 2 fully saturated rings. The molecule has 1 spiro atoms. The van der Waals surface area contributed by atoms with E-state index in [1.165, 1.54) is 16.8 Å². The number of carbonyl (C=O) groups excluding carboxylic acids is 1. The molecule has 3 heterocycles. The summed E-state index contributed by atoms with van der Waals surface area (Å²) in [5, 5.41) is 0. The summed E-state index contributed by atoms with van der Waals surface area (Å²) in [7, 11) is 0. The molecule has 0 N–H and O–H groups in total. The summed E-state index contributed by atoms with van der Waals surface area (Å²) in [6.45, 7) is 7.06. The molecule has 0 unspecified atom stereocenters. The van der Waals surface area contributed by atoms with Gasteiger partial charge in [0.2, 0.25) is 5.91 Å². The van der Waals surface area contributed by atoms with Gasteiger partial charge in [0.05, 0.1) is 5.69 Å². The van der Waals surface area contributed by atoms with Gasteiger partial charge in [-0.3, -0.25) is 14.7 Å². The van der Waals surface area contributed by atoms with Crippen molar-refractivity contribution in [3.8, 4) is 0 Å². The van der Waals surface area contributed by atoms with Crippen LogP contribution in [0.25, 0.3) is 0 Å². The van der Waals surface area contributed by atoms with E-state index in [1.54, 1.807) is 0 Å². The highest BCUT2D eigenvalue weighted by atomic mass is 16.2. The van der Waals surface area contributed by atoms with E-state index in [0.29, 0.717) is 5.91 Å². The molecule has 0 aliphatic carbocycles. The highest BCUT2D eigenvalue weighted by molar-refractivity contribution is 5.79. The lowest BCUT2D eigenvalue weighted by Gasteiger charge is -2.38. The van der Waals surface area contributed by atoms with Crippen molar-refractivity contribution in [1.29, 1.82) is 0 Å². The van der Waals surface area contributed by atoms with Gasteiger partial charge in [0.15, 0.2) is 0 Å². The fraction of sp³-hybridized carbons (Fsp3) is 0.500. The lowest BCUT2D eigenvalue weighted by atomic mass is 9.77. The topological polar surface area (TPSA) is 36.4 Å². The normalized spacial score (nSPS) is 19.5.